The minimum Gasteiger partial charge on any atom is -0.489 e. The standard InChI is InChI=1S/C17H22FN3O2/c18-9-13(10-19)11-22-14-4-5-15-16(8-14)23-17(21-15)20-7-6-12-2-1-3-12/h4-5,8-9,12H,1-3,6-7,10-11,19H2,(H,20,21)/b13-9-. The van der Waals surface area contributed by atoms with Crippen LogP contribution in [0.1, 0.15) is 25.7 Å². The van der Waals surface area contributed by atoms with Crippen LogP contribution in [0, 0.1) is 5.92 Å². The lowest BCUT2D eigenvalue weighted by Crippen LogP contribution is -2.15. The molecule has 1 fully saturated rings. The molecule has 1 aliphatic rings. The van der Waals surface area contributed by atoms with Gasteiger partial charge in [0.25, 0.3) is 6.01 Å². The molecule has 1 aromatic heterocycles. The lowest BCUT2D eigenvalue weighted by Gasteiger charge is -2.24. The van der Waals surface area contributed by atoms with Crippen molar-refractivity contribution in [1.82, 2.24) is 4.98 Å². The van der Waals surface area contributed by atoms with Crippen LogP contribution in [0.5, 0.6) is 5.75 Å². The largest absolute Gasteiger partial charge is 0.489 e. The second-order valence-electron chi connectivity index (χ2n) is 5.92. The van der Waals surface area contributed by atoms with Crippen molar-refractivity contribution in [1.29, 1.82) is 0 Å². The van der Waals surface area contributed by atoms with E-state index in [9.17, 15) is 4.39 Å². The van der Waals surface area contributed by atoms with Gasteiger partial charge in [0.05, 0.1) is 6.33 Å². The van der Waals surface area contributed by atoms with Gasteiger partial charge in [-0.25, -0.2) is 4.39 Å². The number of ether oxygens (including phenoxy) is 1. The molecule has 1 aliphatic carbocycles. The average Bonchev–Trinajstić information content (AvgIpc) is 2.92. The summed E-state index contributed by atoms with van der Waals surface area (Å²) in [6, 6.07) is 5.90. The Kier molecular flexibility index (Phi) is 5.12. The summed E-state index contributed by atoms with van der Waals surface area (Å²) < 4.78 is 23.7. The number of nitrogens with one attached hydrogen (secondary N) is 1. The Morgan fingerprint density at radius 3 is 3.04 bits per heavy atom. The molecule has 23 heavy (non-hydrogen) atoms. The molecular weight excluding hydrogens is 297 g/mol. The fourth-order valence-electron chi connectivity index (χ4n) is 2.55. The van der Waals surface area contributed by atoms with Gasteiger partial charge in [-0.1, -0.05) is 19.3 Å². The van der Waals surface area contributed by atoms with Crippen molar-refractivity contribution in [2.75, 3.05) is 25.0 Å². The maximum absolute atomic E-state index is 12.5. The Bertz CT molecular complexity index is 680. The third kappa shape index (κ3) is 4.01. The number of rotatable bonds is 8. The Labute approximate surface area is 134 Å². The number of nitrogens with two attached hydrogens (primary N) is 1. The molecule has 3 N–H and O–H groups in total. The van der Waals surface area contributed by atoms with Gasteiger partial charge >= 0.3 is 0 Å². The molecule has 0 radical (unpaired) electrons. The first-order valence-corrected chi connectivity index (χ1v) is 8.04. The summed E-state index contributed by atoms with van der Waals surface area (Å²) in [6.07, 6.45) is 5.68. The van der Waals surface area contributed by atoms with Crippen molar-refractivity contribution >= 4 is 17.1 Å². The van der Waals surface area contributed by atoms with Crippen LogP contribution in [-0.4, -0.2) is 24.7 Å². The number of halogens is 1. The summed E-state index contributed by atoms with van der Waals surface area (Å²) in [5.41, 5.74) is 7.21. The molecule has 0 spiro atoms. The highest BCUT2D eigenvalue weighted by Gasteiger charge is 2.16. The molecule has 6 heteroatoms. The molecule has 0 saturated heterocycles. The number of hydrogen-bond donors (Lipinski definition) is 2. The van der Waals surface area contributed by atoms with Gasteiger partial charge in [0.15, 0.2) is 5.58 Å². The zero-order chi connectivity index (χ0) is 16.1. The predicted molar refractivity (Wildman–Crippen MR) is 88.2 cm³/mol. The fraction of sp³-hybridized carbons (Fsp3) is 0.471. The van der Waals surface area contributed by atoms with Crippen molar-refractivity contribution in [2.45, 2.75) is 25.7 Å². The normalized spacial score (nSPS) is 15.7. The number of anilines is 1. The monoisotopic (exact) mass is 319 g/mol. The van der Waals surface area contributed by atoms with E-state index >= 15 is 0 Å². The van der Waals surface area contributed by atoms with Gasteiger partial charge in [0, 0.05) is 24.7 Å². The van der Waals surface area contributed by atoms with Crippen LogP contribution in [0.15, 0.2) is 34.5 Å². The van der Waals surface area contributed by atoms with Gasteiger partial charge in [-0.05, 0) is 24.5 Å². The summed E-state index contributed by atoms with van der Waals surface area (Å²) in [5.74, 6) is 1.45. The first kappa shape index (κ1) is 15.8. The SMILES string of the molecule is NC/C(=C/F)COc1ccc2nc(NCCC3CCC3)oc2c1. The molecule has 0 unspecified atom stereocenters. The van der Waals surface area contributed by atoms with Crippen LogP contribution in [0.3, 0.4) is 0 Å². The Balaban J connectivity index is 1.58. The molecule has 3 rings (SSSR count). The summed E-state index contributed by atoms with van der Waals surface area (Å²) in [5, 5.41) is 3.23. The number of hydrogen-bond acceptors (Lipinski definition) is 5. The quantitative estimate of drug-likeness (QED) is 0.777. The Hall–Kier alpha value is -2.08. The van der Waals surface area contributed by atoms with Crippen molar-refractivity contribution < 1.29 is 13.5 Å². The molecule has 0 amide bonds. The van der Waals surface area contributed by atoms with Crippen molar-refractivity contribution in [3.63, 3.8) is 0 Å². The first-order valence-electron chi connectivity index (χ1n) is 8.04. The zero-order valence-corrected chi connectivity index (χ0v) is 13.1. The van der Waals surface area contributed by atoms with Crippen LogP contribution < -0.4 is 15.8 Å². The van der Waals surface area contributed by atoms with Gasteiger partial charge in [0.2, 0.25) is 0 Å². The highest BCUT2D eigenvalue weighted by Crippen LogP contribution is 2.29. The smallest absolute Gasteiger partial charge is 0.295 e. The van der Waals surface area contributed by atoms with E-state index in [0.717, 1.165) is 24.4 Å². The van der Waals surface area contributed by atoms with E-state index in [-0.39, 0.29) is 13.2 Å². The maximum Gasteiger partial charge on any atom is 0.295 e. The summed E-state index contributed by atoms with van der Waals surface area (Å²) >= 11 is 0. The van der Waals surface area contributed by atoms with Gasteiger partial charge in [-0.3, -0.25) is 0 Å². The molecular formula is C17H22FN3O2. The number of nitrogens with zero attached hydrogens (tertiary/aromatic N) is 1. The highest BCUT2D eigenvalue weighted by molar-refractivity contribution is 5.76. The van der Waals surface area contributed by atoms with Crippen molar-refractivity contribution in [2.24, 2.45) is 11.7 Å². The van der Waals surface area contributed by atoms with Crippen LogP contribution in [-0.2, 0) is 0 Å². The average molecular weight is 319 g/mol. The molecule has 124 valence electrons. The zero-order valence-electron chi connectivity index (χ0n) is 13.1. The summed E-state index contributed by atoms with van der Waals surface area (Å²) in [6.45, 7) is 1.14. The number of aromatic nitrogens is 1. The van der Waals surface area contributed by atoms with Gasteiger partial charge < -0.3 is 20.2 Å². The Morgan fingerprint density at radius 2 is 2.35 bits per heavy atom. The second kappa shape index (κ2) is 7.46. The van der Waals surface area contributed by atoms with E-state index in [4.69, 9.17) is 14.9 Å². The number of oxazole rings is 1. The molecule has 1 heterocycles. The van der Waals surface area contributed by atoms with Crippen LogP contribution in [0.25, 0.3) is 11.1 Å². The maximum atomic E-state index is 12.5. The summed E-state index contributed by atoms with van der Waals surface area (Å²) in [4.78, 5) is 4.40. The first-order chi connectivity index (χ1) is 11.3. The predicted octanol–water partition coefficient (Wildman–Crippen LogP) is 3.62. The molecule has 1 saturated carbocycles. The van der Waals surface area contributed by atoms with E-state index in [1.54, 1.807) is 12.1 Å². The van der Waals surface area contributed by atoms with E-state index in [0.29, 0.717) is 29.3 Å². The molecule has 0 aliphatic heterocycles. The fourth-order valence-corrected chi connectivity index (χ4v) is 2.55. The van der Waals surface area contributed by atoms with E-state index in [2.05, 4.69) is 10.3 Å². The molecule has 5 nitrogen and oxygen atoms in total. The van der Waals surface area contributed by atoms with Gasteiger partial charge in [0.1, 0.15) is 17.9 Å². The van der Waals surface area contributed by atoms with Crippen LogP contribution >= 0.6 is 0 Å². The molecule has 0 atom stereocenters. The summed E-state index contributed by atoms with van der Waals surface area (Å²) in [7, 11) is 0. The van der Waals surface area contributed by atoms with E-state index < -0.39 is 0 Å². The number of fused-ring (bicyclic) bond motifs is 1. The van der Waals surface area contributed by atoms with Crippen molar-refractivity contribution in [3.05, 3.63) is 30.1 Å². The third-order valence-corrected chi connectivity index (χ3v) is 4.25. The van der Waals surface area contributed by atoms with E-state index in [1.807, 2.05) is 6.07 Å². The highest BCUT2D eigenvalue weighted by atomic mass is 19.1. The van der Waals surface area contributed by atoms with Crippen LogP contribution in [0.4, 0.5) is 10.4 Å². The topological polar surface area (TPSA) is 73.3 Å². The minimum atomic E-state index is 0.124. The van der Waals surface area contributed by atoms with E-state index in [1.165, 1.54) is 19.3 Å². The van der Waals surface area contributed by atoms with Gasteiger partial charge in [-0.2, -0.15) is 4.98 Å². The lowest BCUT2D eigenvalue weighted by molar-refractivity contribution is 0.302. The number of benzene rings is 1. The third-order valence-electron chi connectivity index (χ3n) is 4.25. The Morgan fingerprint density at radius 1 is 1.48 bits per heavy atom. The molecule has 1 aromatic carbocycles. The molecule has 0 bridgehead atoms. The second-order valence-corrected chi connectivity index (χ2v) is 5.92. The lowest BCUT2D eigenvalue weighted by atomic mass is 9.83. The van der Waals surface area contributed by atoms with Crippen LogP contribution in [0.2, 0.25) is 0 Å². The minimum absolute atomic E-state index is 0.124. The van der Waals surface area contributed by atoms with Crippen molar-refractivity contribution in [3.8, 4) is 5.75 Å². The molecule has 2 aromatic rings. The van der Waals surface area contributed by atoms with Gasteiger partial charge in [-0.15, -0.1) is 0 Å².